The second kappa shape index (κ2) is 5.31. The molecule has 2 saturated heterocycles. The Morgan fingerprint density at radius 3 is 2.27 bits per heavy atom. The molecule has 0 spiro atoms. The Morgan fingerprint density at radius 1 is 1.14 bits per heavy atom. The van der Waals surface area contributed by atoms with E-state index in [0.29, 0.717) is 18.9 Å². The topological polar surface area (TPSA) is 64.5 Å². The number of carbonyl (C=O) groups excluding carboxylic acids is 1. The Hall–Kier alpha value is -1.47. The van der Waals surface area contributed by atoms with Crippen molar-refractivity contribution >= 4 is 24.3 Å². The van der Waals surface area contributed by atoms with Crippen molar-refractivity contribution < 1.29 is 14.1 Å². The van der Waals surface area contributed by atoms with Crippen LogP contribution in [0.25, 0.3) is 0 Å². The molecule has 6 nitrogen and oxygen atoms in total. The number of nitrogens with zero attached hydrogens (tertiary/aromatic N) is 3. The number of ketones is 1. The average Bonchev–Trinajstić information content (AvgIpc) is 2.68. The monoisotopic (exact) mass is 303 g/mol. The highest BCUT2D eigenvalue weighted by atomic mass is 16.7. The zero-order valence-corrected chi connectivity index (χ0v) is 13.6. The van der Waals surface area contributed by atoms with Gasteiger partial charge in [-0.2, -0.15) is 0 Å². The van der Waals surface area contributed by atoms with Crippen LogP contribution in [0.4, 0.5) is 5.95 Å². The van der Waals surface area contributed by atoms with Crippen LogP contribution in [0.3, 0.4) is 0 Å². The molecule has 3 heterocycles. The molecule has 2 fully saturated rings. The molecule has 0 unspecified atom stereocenters. The molecule has 7 heteroatoms. The number of aromatic nitrogens is 2. The van der Waals surface area contributed by atoms with Crippen molar-refractivity contribution in [2.24, 2.45) is 0 Å². The minimum Gasteiger partial charge on any atom is -0.399 e. The van der Waals surface area contributed by atoms with Crippen LogP contribution in [0.5, 0.6) is 0 Å². The zero-order valence-electron chi connectivity index (χ0n) is 13.6. The van der Waals surface area contributed by atoms with Crippen LogP contribution in [0.1, 0.15) is 40.5 Å². The fraction of sp³-hybridized carbons (Fsp3) is 0.667. The van der Waals surface area contributed by atoms with Gasteiger partial charge in [0.25, 0.3) is 0 Å². The predicted octanol–water partition coefficient (Wildman–Crippen LogP) is 0.945. The van der Waals surface area contributed by atoms with Gasteiger partial charge in [-0.15, -0.1) is 0 Å². The van der Waals surface area contributed by atoms with E-state index < -0.39 is 7.12 Å². The van der Waals surface area contributed by atoms with Gasteiger partial charge in [0.2, 0.25) is 5.95 Å². The summed E-state index contributed by atoms with van der Waals surface area (Å²) in [6.07, 6.45) is 4.97. The molecule has 3 rings (SSSR count). The van der Waals surface area contributed by atoms with Gasteiger partial charge in [-0.1, -0.05) is 0 Å². The Bertz CT molecular complexity index is 558. The van der Waals surface area contributed by atoms with Gasteiger partial charge in [-0.25, -0.2) is 9.97 Å². The third kappa shape index (κ3) is 2.75. The quantitative estimate of drug-likeness (QED) is 0.758. The SMILES string of the molecule is CC1(C)OB(c2cnc(N3CCCC(=O)C3)nc2)OC1(C)C. The highest BCUT2D eigenvalue weighted by Crippen LogP contribution is 2.36. The molecule has 0 N–H and O–H groups in total. The lowest BCUT2D eigenvalue weighted by atomic mass is 9.81. The molecule has 0 amide bonds. The van der Waals surface area contributed by atoms with Gasteiger partial charge < -0.3 is 14.2 Å². The highest BCUT2D eigenvalue weighted by Gasteiger charge is 2.51. The molecule has 0 bridgehead atoms. The van der Waals surface area contributed by atoms with Crippen molar-refractivity contribution in [1.82, 2.24) is 9.97 Å². The lowest BCUT2D eigenvalue weighted by Crippen LogP contribution is -2.41. The first kappa shape index (κ1) is 15.4. The zero-order chi connectivity index (χ0) is 16.0. The van der Waals surface area contributed by atoms with Crippen molar-refractivity contribution in [3.8, 4) is 0 Å². The fourth-order valence-corrected chi connectivity index (χ4v) is 2.60. The van der Waals surface area contributed by atoms with Crippen LogP contribution in [0, 0.1) is 0 Å². The van der Waals surface area contributed by atoms with Gasteiger partial charge >= 0.3 is 7.12 Å². The van der Waals surface area contributed by atoms with Crippen LogP contribution in [0.2, 0.25) is 0 Å². The van der Waals surface area contributed by atoms with E-state index in [2.05, 4.69) is 9.97 Å². The van der Waals surface area contributed by atoms with Crippen LogP contribution in [-0.2, 0) is 14.1 Å². The number of hydrogen-bond acceptors (Lipinski definition) is 6. The van der Waals surface area contributed by atoms with E-state index in [1.807, 2.05) is 32.6 Å². The van der Waals surface area contributed by atoms with Crippen LogP contribution < -0.4 is 10.4 Å². The van der Waals surface area contributed by atoms with Crippen molar-refractivity contribution in [2.45, 2.75) is 51.7 Å². The number of rotatable bonds is 2. The maximum Gasteiger partial charge on any atom is 0.498 e. The number of anilines is 1. The normalized spacial score (nSPS) is 23.9. The first-order valence-corrected chi connectivity index (χ1v) is 7.73. The first-order chi connectivity index (χ1) is 10.3. The lowest BCUT2D eigenvalue weighted by Gasteiger charge is -2.32. The van der Waals surface area contributed by atoms with E-state index in [-0.39, 0.29) is 17.0 Å². The molecule has 118 valence electrons. The largest absolute Gasteiger partial charge is 0.498 e. The summed E-state index contributed by atoms with van der Waals surface area (Å²) in [5, 5.41) is 0. The molecular formula is C15H22BN3O3. The second-order valence-electron chi connectivity index (χ2n) is 6.97. The third-order valence-electron chi connectivity index (χ3n) is 4.72. The van der Waals surface area contributed by atoms with Crippen molar-refractivity contribution in [3.05, 3.63) is 12.4 Å². The number of carbonyl (C=O) groups is 1. The summed E-state index contributed by atoms with van der Waals surface area (Å²) in [6, 6.07) is 0. The van der Waals surface area contributed by atoms with E-state index in [1.165, 1.54) is 0 Å². The van der Waals surface area contributed by atoms with Crippen LogP contribution in [-0.4, -0.2) is 47.2 Å². The molecule has 2 aliphatic heterocycles. The molecular weight excluding hydrogens is 281 g/mol. The first-order valence-electron chi connectivity index (χ1n) is 7.73. The molecule has 0 radical (unpaired) electrons. The summed E-state index contributed by atoms with van der Waals surface area (Å²) in [4.78, 5) is 22.2. The molecule has 1 aromatic rings. The summed E-state index contributed by atoms with van der Waals surface area (Å²) in [7, 11) is -0.456. The van der Waals surface area contributed by atoms with Gasteiger partial charge in [-0.3, -0.25) is 4.79 Å². The highest BCUT2D eigenvalue weighted by molar-refractivity contribution is 6.61. The third-order valence-corrected chi connectivity index (χ3v) is 4.72. The smallest absolute Gasteiger partial charge is 0.399 e. The lowest BCUT2D eigenvalue weighted by molar-refractivity contribution is -0.118. The summed E-state index contributed by atoms with van der Waals surface area (Å²) < 4.78 is 12.0. The average molecular weight is 303 g/mol. The second-order valence-corrected chi connectivity index (χ2v) is 6.97. The maximum atomic E-state index is 11.5. The predicted molar refractivity (Wildman–Crippen MR) is 84.2 cm³/mol. The number of Topliss-reactive ketones (excluding diaryl/α,β-unsaturated/α-hetero) is 1. The van der Waals surface area contributed by atoms with E-state index >= 15 is 0 Å². The molecule has 0 saturated carbocycles. The Balaban J connectivity index is 1.74. The Kier molecular flexibility index (Phi) is 3.73. The molecule has 0 aromatic carbocycles. The molecule has 1 aromatic heterocycles. The fourth-order valence-electron chi connectivity index (χ4n) is 2.60. The van der Waals surface area contributed by atoms with Crippen molar-refractivity contribution in [1.29, 1.82) is 0 Å². The summed E-state index contributed by atoms with van der Waals surface area (Å²) in [5.74, 6) is 0.832. The minimum atomic E-state index is -0.456. The standard InChI is InChI=1S/C15H22BN3O3/c1-14(2)15(3,4)22-16(21-14)11-8-17-13(18-9-11)19-7-5-6-12(20)10-19/h8-9H,5-7,10H2,1-4H3. The van der Waals surface area contributed by atoms with Gasteiger partial charge in [0.05, 0.1) is 17.7 Å². The maximum absolute atomic E-state index is 11.5. The number of piperidine rings is 1. The van der Waals surface area contributed by atoms with Gasteiger partial charge in [0.15, 0.2) is 5.78 Å². The molecule has 22 heavy (non-hydrogen) atoms. The van der Waals surface area contributed by atoms with E-state index in [1.54, 1.807) is 12.4 Å². The van der Waals surface area contributed by atoms with Gasteiger partial charge in [-0.05, 0) is 34.1 Å². The molecule has 2 aliphatic rings. The molecule has 0 aliphatic carbocycles. The van der Waals surface area contributed by atoms with Crippen molar-refractivity contribution in [2.75, 3.05) is 18.0 Å². The van der Waals surface area contributed by atoms with Gasteiger partial charge in [0.1, 0.15) is 0 Å². The summed E-state index contributed by atoms with van der Waals surface area (Å²) in [5.41, 5.74) is 0.0383. The van der Waals surface area contributed by atoms with Gasteiger partial charge in [0, 0.05) is 30.8 Å². The summed E-state index contributed by atoms with van der Waals surface area (Å²) in [6.45, 7) is 9.28. The van der Waals surface area contributed by atoms with E-state index in [9.17, 15) is 4.79 Å². The van der Waals surface area contributed by atoms with Crippen LogP contribution >= 0.6 is 0 Å². The Labute approximate surface area is 131 Å². The van der Waals surface area contributed by atoms with E-state index in [0.717, 1.165) is 18.4 Å². The van der Waals surface area contributed by atoms with Crippen molar-refractivity contribution in [3.63, 3.8) is 0 Å². The summed E-state index contributed by atoms with van der Waals surface area (Å²) >= 11 is 0. The minimum absolute atomic E-state index is 0.241. The van der Waals surface area contributed by atoms with E-state index in [4.69, 9.17) is 9.31 Å². The molecule has 0 atom stereocenters. The number of hydrogen-bond donors (Lipinski definition) is 0. The Morgan fingerprint density at radius 2 is 1.73 bits per heavy atom. The van der Waals surface area contributed by atoms with Crippen LogP contribution in [0.15, 0.2) is 12.4 Å².